The number of esters is 1. The van der Waals surface area contributed by atoms with E-state index in [2.05, 4.69) is 10.1 Å². The molecule has 1 aliphatic rings. The maximum Gasteiger partial charge on any atom is 0.573 e. The maximum atomic E-state index is 13.0. The third-order valence-corrected chi connectivity index (χ3v) is 6.39. The van der Waals surface area contributed by atoms with Gasteiger partial charge in [-0.3, -0.25) is 0 Å². The van der Waals surface area contributed by atoms with E-state index in [0.717, 1.165) is 11.1 Å². The third kappa shape index (κ3) is 10.3. The number of cyclic esters (lactones) is 1. The van der Waals surface area contributed by atoms with Crippen LogP contribution in [0.15, 0.2) is 48.5 Å². The first-order chi connectivity index (χ1) is 18.2. The molecule has 0 saturated carbocycles. The maximum absolute atomic E-state index is 13.0. The predicted molar refractivity (Wildman–Crippen MR) is 138 cm³/mol. The number of carbonyl (C=O) groups excluding carboxylic acids is 2. The van der Waals surface area contributed by atoms with Gasteiger partial charge >= 0.3 is 18.4 Å². The average molecular weight is 572 g/mol. The van der Waals surface area contributed by atoms with Gasteiger partial charge in [0, 0.05) is 10.9 Å². The highest BCUT2D eigenvalue weighted by Gasteiger charge is 2.36. The Hall–Kier alpha value is -2.98. The second-order valence-corrected chi connectivity index (χ2v) is 11.0. The molecule has 0 radical (unpaired) electrons. The zero-order chi connectivity index (χ0) is 28.8. The lowest BCUT2D eigenvalue weighted by Gasteiger charge is -2.31. The Morgan fingerprint density at radius 3 is 2.18 bits per heavy atom. The Labute approximate surface area is 230 Å². The Morgan fingerprint density at radius 1 is 1.00 bits per heavy atom. The number of ether oxygens (including phenoxy) is 4. The molecule has 0 spiro atoms. The molecule has 2 aromatic carbocycles. The first-order valence-corrected chi connectivity index (χ1v) is 12.9. The molecule has 2 aromatic rings. The van der Waals surface area contributed by atoms with Crippen molar-refractivity contribution in [2.75, 3.05) is 13.2 Å². The topological polar surface area (TPSA) is 83.1 Å². The zero-order valence-corrected chi connectivity index (χ0v) is 23.0. The van der Waals surface area contributed by atoms with Crippen LogP contribution in [0.1, 0.15) is 38.8 Å². The molecule has 1 heterocycles. The van der Waals surface area contributed by atoms with Crippen LogP contribution in [0.2, 0.25) is 5.02 Å². The smallest absolute Gasteiger partial charge is 0.461 e. The highest BCUT2D eigenvalue weighted by atomic mass is 35.5. The van der Waals surface area contributed by atoms with Crippen molar-refractivity contribution in [3.05, 3.63) is 64.7 Å². The summed E-state index contributed by atoms with van der Waals surface area (Å²) in [6.45, 7) is 7.02. The number of hydrogen-bond acceptors (Lipinski definition) is 6. The number of carbonyl (C=O) groups is 2. The van der Waals surface area contributed by atoms with Crippen LogP contribution < -0.4 is 10.1 Å². The van der Waals surface area contributed by atoms with Gasteiger partial charge in [-0.05, 0) is 81.8 Å². The highest BCUT2D eigenvalue weighted by molar-refractivity contribution is 6.30. The number of nitrogens with one attached hydrogen (secondary N) is 1. The summed E-state index contributed by atoms with van der Waals surface area (Å²) in [6.07, 6.45) is -5.19. The summed E-state index contributed by atoms with van der Waals surface area (Å²) < 4.78 is 58.7. The number of rotatable bonds is 6. The second kappa shape index (κ2) is 12.9. The lowest BCUT2D eigenvalue weighted by Crippen LogP contribution is -2.47. The minimum absolute atomic E-state index is 0.113. The zero-order valence-electron chi connectivity index (χ0n) is 22.2. The van der Waals surface area contributed by atoms with Gasteiger partial charge in [-0.2, -0.15) is 0 Å². The molecule has 11 heteroatoms. The number of amides is 1. The molecule has 1 N–H and O–H groups in total. The molecule has 3 rings (SSSR count). The molecule has 1 aliphatic heterocycles. The van der Waals surface area contributed by atoms with Crippen LogP contribution in [0.3, 0.4) is 0 Å². The fraction of sp³-hybridized carbons (Fsp3) is 0.500. The van der Waals surface area contributed by atoms with Crippen molar-refractivity contribution in [2.45, 2.75) is 64.6 Å². The van der Waals surface area contributed by atoms with Crippen LogP contribution in [-0.2, 0) is 31.8 Å². The van der Waals surface area contributed by atoms with Crippen LogP contribution in [0, 0.1) is 11.8 Å². The van der Waals surface area contributed by atoms with Crippen molar-refractivity contribution < 1.29 is 41.7 Å². The quantitative estimate of drug-likeness (QED) is 0.421. The molecule has 0 unspecified atom stereocenters. The van der Waals surface area contributed by atoms with Gasteiger partial charge in [0.2, 0.25) is 0 Å². The first-order valence-electron chi connectivity index (χ1n) is 12.6. The SMILES string of the molecule is C[C@@H]1OC(=O)[C@@H](NC(=O)OC(C)(C)C)COC[C@H](Cc2ccc(Cl)cc2)[C@H]1Cc1ccc(OC(F)(F)F)cc1. The van der Waals surface area contributed by atoms with Crippen molar-refractivity contribution in [3.63, 3.8) is 0 Å². The van der Waals surface area contributed by atoms with Crippen molar-refractivity contribution in [3.8, 4) is 5.75 Å². The van der Waals surface area contributed by atoms with Crippen molar-refractivity contribution in [1.29, 1.82) is 0 Å². The van der Waals surface area contributed by atoms with Gasteiger partial charge in [0.05, 0.1) is 13.2 Å². The fourth-order valence-electron chi connectivity index (χ4n) is 4.38. The van der Waals surface area contributed by atoms with Crippen molar-refractivity contribution in [1.82, 2.24) is 5.32 Å². The third-order valence-electron chi connectivity index (χ3n) is 6.14. The number of hydrogen-bond donors (Lipinski definition) is 1. The Bertz CT molecular complexity index is 1100. The largest absolute Gasteiger partial charge is 0.573 e. The lowest BCUT2D eigenvalue weighted by molar-refractivity contribution is -0.274. The van der Waals surface area contributed by atoms with Gasteiger partial charge in [-0.15, -0.1) is 13.2 Å². The van der Waals surface area contributed by atoms with Gasteiger partial charge in [0.25, 0.3) is 0 Å². The molecule has 0 bridgehead atoms. The lowest BCUT2D eigenvalue weighted by atomic mass is 9.80. The fourth-order valence-corrected chi connectivity index (χ4v) is 4.51. The molecule has 39 heavy (non-hydrogen) atoms. The normalized spacial score (nSPS) is 22.6. The monoisotopic (exact) mass is 571 g/mol. The van der Waals surface area contributed by atoms with E-state index < -0.39 is 36.2 Å². The number of halogens is 4. The molecule has 0 aromatic heterocycles. The standard InChI is InChI=1S/C28H33ClF3NO6/c1-17-23(14-19-7-11-22(12-8-19)38-28(30,31)32)20(13-18-5-9-21(29)10-6-18)15-36-16-24(25(34)37-17)33-26(35)39-27(2,3)4/h5-12,17,20,23-24H,13-16H2,1-4H3,(H,33,35)/t17-,20-,23-,24-/m0/s1. The van der Waals surface area contributed by atoms with Crippen LogP contribution >= 0.6 is 11.6 Å². The van der Waals surface area contributed by atoms with Crippen LogP contribution in [-0.4, -0.2) is 49.4 Å². The Kier molecular flexibility index (Phi) is 10.1. The highest BCUT2D eigenvalue weighted by Crippen LogP contribution is 2.30. The molecular weight excluding hydrogens is 539 g/mol. The van der Waals surface area contributed by atoms with E-state index in [1.54, 1.807) is 52.0 Å². The number of alkyl carbamates (subject to hydrolysis) is 1. The Balaban J connectivity index is 1.82. The summed E-state index contributed by atoms with van der Waals surface area (Å²) >= 11 is 6.04. The van der Waals surface area contributed by atoms with E-state index in [1.165, 1.54) is 12.1 Å². The van der Waals surface area contributed by atoms with E-state index in [-0.39, 0.29) is 30.8 Å². The molecule has 4 atom stereocenters. The molecular formula is C28H33ClF3NO6. The van der Waals surface area contributed by atoms with Crippen LogP contribution in [0.4, 0.5) is 18.0 Å². The van der Waals surface area contributed by atoms with Gasteiger partial charge in [-0.1, -0.05) is 35.9 Å². The van der Waals surface area contributed by atoms with Crippen LogP contribution in [0.25, 0.3) is 0 Å². The molecule has 1 fully saturated rings. The predicted octanol–water partition coefficient (Wildman–Crippen LogP) is 6.11. The summed E-state index contributed by atoms with van der Waals surface area (Å²) in [5.74, 6) is -1.39. The van der Waals surface area contributed by atoms with E-state index in [4.69, 9.17) is 25.8 Å². The summed E-state index contributed by atoms with van der Waals surface area (Å²) in [4.78, 5) is 25.3. The molecule has 0 aliphatic carbocycles. The van der Waals surface area contributed by atoms with E-state index in [1.807, 2.05) is 12.1 Å². The molecule has 214 valence electrons. The molecule has 7 nitrogen and oxygen atoms in total. The van der Waals surface area contributed by atoms with Gasteiger partial charge < -0.3 is 24.3 Å². The minimum atomic E-state index is -4.78. The van der Waals surface area contributed by atoms with Crippen molar-refractivity contribution in [2.24, 2.45) is 11.8 Å². The first kappa shape index (κ1) is 30.6. The molecule has 1 amide bonds. The summed E-state index contributed by atoms with van der Waals surface area (Å²) in [7, 11) is 0. The number of benzene rings is 2. The van der Waals surface area contributed by atoms with E-state index in [9.17, 15) is 22.8 Å². The van der Waals surface area contributed by atoms with Gasteiger partial charge in [-0.25, -0.2) is 9.59 Å². The summed E-state index contributed by atoms with van der Waals surface area (Å²) in [6, 6.07) is 11.9. The summed E-state index contributed by atoms with van der Waals surface area (Å²) in [5.41, 5.74) is 0.977. The Morgan fingerprint density at radius 2 is 1.59 bits per heavy atom. The second-order valence-electron chi connectivity index (χ2n) is 10.5. The van der Waals surface area contributed by atoms with Gasteiger partial charge in [0.1, 0.15) is 17.5 Å². The van der Waals surface area contributed by atoms with E-state index >= 15 is 0 Å². The van der Waals surface area contributed by atoms with E-state index in [0.29, 0.717) is 17.9 Å². The van der Waals surface area contributed by atoms with Crippen molar-refractivity contribution >= 4 is 23.7 Å². The van der Waals surface area contributed by atoms with Gasteiger partial charge in [0.15, 0.2) is 6.04 Å². The number of alkyl halides is 3. The average Bonchev–Trinajstić information content (AvgIpc) is 2.85. The minimum Gasteiger partial charge on any atom is -0.461 e. The summed E-state index contributed by atoms with van der Waals surface area (Å²) in [5, 5.41) is 3.12. The van der Waals surface area contributed by atoms with Crippen LogP contribution in [0.5, 0.6) is 5.75 Å². The molecule has 1 saturated heterocycles.